The van der Waals surface area contributed by atoms with Crippen LogP contribution in [0.4, 0.5) is 5.69 Å². The number of hydrogen-bond donors (Lipinski definition) is 1. The van der Waals surface area contributed by atoms with Crippen LogP contribution in [0.2, 0.25) is 0 Å². The predicted octanol–water partition coefficient (Wildman–Crippen LogP) is 4.59. The zero-order valence-corrected chi connectivity index (χ0v) is 15.4. The first kappa shape index (κ1) is 18.7. The van der Waals surface area contributed by atoms with Gasteiger partial charge in [-0.05, 0) is 61.2 Å². The minimum atomic E-state index is -0.632. The van der Waals surface area contributed by atoms with Crippen LogP contribution in [-0.2, 0) is 10.2 Å². The Balaban J connectivity index is 1.96. The maximum absolute atomic E-state index is 12.3. The van der Waals surface area contributed by atoms with E-state index in [1.54, 1.807) is 31.2 Å². The van der Waals surface area contributed by atoms with Gasteiger partial charge in [0.05, 0.1) is 0 Å². The number of benzene rings is 2. The molecular formula is C21H25NO3. The van der Waals surface area contributed by atoms with Crippen molar-refractivity contribution in [2.75, 3.05) is 5.32 Å². The summed E-state index contributed by atoms with van der Waals surface area (Å²) in [5.41, 5.74) is 2.53. The molecule has 0 bridgehead atoms. The molecule has 132 valence electrons. The normalized spacial score (nSPS) is 12.4. The maximum Gasteiger partial charge on any atom is 0.265 e. The quantitative estimate of drug-likeness (QED) is 0.810. The van der Waals surface area contributed by atoms with Gasteiger partial charge < -0.3 is 10.1 Å². The van der Waals surface area contributed by atoms with Crippen LogP contribution < -0.4 is 10.1 Å². The Labute approximate surface area is 149 Å². The highest BCUT2D eigenvalue weighted by Gasteiger charge is 2.17. The van der Waals surface area contributed by atoms with Gasteiger partial charge in [0.2, 0.25) is 0 Å². The Morgan fingerprint density at radius 1 is 0.960 bits per heavy atom. The molecule has 1 N–H and O–H groups in total. The van der Waals surface area contributed by atoms with Gasteiger partial charge in [-0.2, -0.15) is 0 Å². The molecule has 2 aromatic carbocycles. The molecule has 0 radical (unpaired) electrons. The number of ketones is 1. The number of amides is 1. The molecule has 25 heavy (non-hydrogen) atoms. The fourth-order valence-corrected chi connectivity index (χ4v) is 2.32. The lowest BCUT2D eigenvalue weighted by Gasteiger charge is -2.20. The van der Waals surface area contributed by atoms with E-state index in [0.717, 1.165) is 0 Å². The van der Waals surface area contributed by atoms with Gasteiger partial charge in [-0.3, -0.25) is 9.59 Å². The third-order valence-electron chi connectivity index (χ3n) is 3.96. The Morgan fingerprint density at radius 3 is 2.00 bits per heavy atom. The third kappa shape index (κ3) is 5.18. The number of ether oxygens (including phenoxy) is 1. The SMILES string of the molecule is CC(=O)c1ccc(NC(=O)[C@@H](C)Oc2ccc(C(C)(C)C)cc2)cc1. The molecule has 0 spiro atoms. The van der Waals surface area contributed by atoms with E-state index in [1.807, 2.05) is 24.3 Å². The number of carbonyl (C=O) groups excluding carboxylic acids is 2. The van der Waals surface area contributed by atoms with Crippen molar-refractivity contribution in [2.24, 2.45) is 0 Å². The lowest BCUT2D eigenvalue weighted by atomic mass is 9.87. The first-order valence-electron chi connectivity index (χ1n) is 8.36. The van der Waals surface area contributed by atoms with E-state index in [0.29, 0.717) is 17.0 Å². The Bertz CT molecular complexity index is 740. The van der Waals surface area contributed by atoms with Crippen molar-refractivity contribution in [2.45, 2.75) is 46.1 Å². The second-order valence-electron chi connectivity index (χ2n) is 7.16. The fraction of sp³-hybridized carbons (Fsp3) is 0.333. The van der Waals surface area contributed by atoms with Gasteiger partial charge in [-0.1, -0.05) is 32.9 Å². The van der Waals surface area contributed by atoms with Gasteiger partial charge in [-0.15, -0.1) is 0 Å². The molecule has 4 nitrogen and oxygen atoms in total. The number of anilines is 1. The first-order chi connectivity index (χ1) is 11.7. The number of hydrogen-bond acceptors (Lipinski definition) is 3. The molecule has 0 fully saturated rings. The van der Waals surface area contributed by atoms with Crippen molar-refractivity contribution in [1.29, 1.82) is 0 Å². The molecule has 1 amide bonds. The standard InChI is InChI=1S/C21H25NO3/c1-14(23)16-6-10-18(11-7-16)22-20(24)15(2)25-19-12-8-17(9-13-19)21(3,4)5/h6-13,15H,1-5H3,(H,22,24)/t15-/m1/s1. The highest BCUT2D eigenvalue weighted by molar-refractivity contribution is 5.96. The third-order valence-corrected chi connectivity index (χ3v) is 3.96. The zero-order valence-electron chi connectivity index (χ0n) is 15.4. The van der Waals surface area contributed by atoms with Gasteiger partial charge >= 0.3 is 0 Å². The van der Waals surface area contributed by atoms with Crippen molar-refractivity contribution in [3.8, 4) is 5.75 Å². The summed E-state index contributed by atoms with van der Waals surface area (Å²) < 4.78 is 5.71. The van der Waals surface area contributed by atoms with Gasteiger partial charge in [0.15, 0.2) is 11.9 Å². The van der Waals surface area contributed by atoms with Crippen LogP contribution in [0.25, 0.3) is 0 Å². The van der Waals surface area contributed by atoms with Crippen LogP contribution in [-0.4, -0.2) is 17.8 Å². The van der Waals surface area contributed by atoms with Crippen LogP contribution in [0.15, 0.2) is 48.5 Å². The van der Waals surface area contributed by atoms with Crippen molar-refractivity contribution >= 4 is 17.4 Å². The summed E-state index contributed by atoms with van der Waals surface area (Å²) in [6, 6.07) is 14.6. The van der Waals surface area contributed by atoms with E-state index in [4.69, 9.17) is 4.74 Å². The molecule has 0 aliphatic heterocycles. The predicted molar refractivity (Wildman–Crippen MR) is 100 cm³/mol. The van der Waals surface area contributed by atoms with Crippen molar-refractivity contribution in [3.05, 3.63) is 59.7 Å². The maximum atomic E-state index is 12.3. The molecule has 2 aromatic rings. The molecule has 0 unspecified atom stereocenters. The van der Waals surface area contributed by atoms with Crippen LogP contribution in [0.5, 0.6) is 5.75 Å². The molecule has 0 saturated heterocycles. The lowest BCUT2D eigenvalue weighted by molar-refractivity contribution is -0.122. The second kappa shape index (κ2) is 7.51. The number of nitrogens with one attached hydrogen (secondary N) is 1. The summed E-state index contributed by atoms with van der Waals surface area (Å²) in [6.45, 7) is 9.66. The molecule has 0 aliphatic rings. The van der Waals surface area contributed by atoms with E-state index in [9.17, 15) is 9.59 Å². The van der Waals surface area contributed by atoms with Crippen molar-refractivity contribution < 1.29 is 14.3 Å². The molecule has 1 atom stereocenters. The lowest BCUT2D eigenvalue weighted by Crippen LogP contribution is -2.30. The molecule has 2 rings (SSSR count). The highest BCUT2D eigenvalue weighted by atomic mass is 16.5. The van der Waals surface area contributed by atoms with Crippen molar-refractivity contribution in [3.63, 3.8) is 0 Å². The molecule has 0 heterocycles. The summed E-state index contributed by atoms with van der Waals surface area (Å²) in [6.07, 6.45) is -0.632. The van der Waals surface area contributed by atoms with Gasteiger partial charge in [-0.25, -0.2) is 0 Å². The monoisotopic (exact) mass is 339 g/mol. The van der Waals surface area contributed by atoms with Crippen molar-refractivity contribution in [1.82, 2.24) is 0 Å². The molecule has 0 aromatic heterocycles. The smallest absolute Gasteiger partial charge is 0.265 e. The average molecular weight is 339 g/mol. The Kier molecular flexibility index (Phi) is 5.62. The summed E-state index contributed by atoms with van der Waals surface area (Å²) in [7, 11) is 0. The molecular weight excluding hydrogens is 314 g/mol. The largest absolute Gasteiger partial charge is 0.481 e. The van der Waals surface area contributed by atoms with E-state index in [-0.39, 0.29) is 17.1 Å². The summed E-state index contributed by atoms with van der Waals surface area (Å²) in [4.78, 5) is 23.5. The van der Waals surface area contributed by atoms with E-state index in [2.05, 4.69) is 26.1 Å². The number of carbonyl (C=O) groups is 2. The van der Waals surface area contributed by atoms with Crippen LogP contribution in [0.3, 0.4) is 0 Å². The van der Waals surface area contributed by atoms with E-state index in [1.165, 1.54) is 12.5 Å². The Hall–Kier alpha value is -2.62. The minimum absolute atomic E-state index is 0.00622. The first-order valence-corrected chi connectivity index (χ1v) is 8.36. The Morgan fingerprint density at radius 2 is 1.52 bits per heavy atom. The highest BCUT2D eigenvalue weighted by Crippen LogP contribution is 2.24. The summed E-state index contributed by atoms with van der Waals surface area (Å²) >= 11 is 0. The zero-order chi connectivity index (χ0) is 18.6. The average Bonchev–Trinajstić information content (AvgIpc) is 2.55. The fourth-order valence-electron chi connectivity index (χ4n) is 2.32. The van der Waals surface area contributed by atoms with Gasteiger partial charge in [0, 0.05) is 11.3 Å². The van der Waals surface area contributed by atoms with Gasteiger partial charge in [0.1, 0.15) is 5.75 Å². The number of Topliss-reactive ketones (excluding diaryl/α,β-unsaturated/α-hetero) is 1. The molecule has 4 heteroatoms. The molecule has 0 saturated carbocycles. The topological polar surface area (TPSA) is 55.4 Å². The second-order valence-corrected chi connectivity index (χ2v) is 7.16. The molecule has 0 aliphatic carbocycles. The minimum Gasteiger partial charge on any atom is -0.481 e. The van der Waals surface area contributed by atoms with E-state index < -0.39 is 6.10 Å². The summed E-state index contributed by atoms with van der Waals surface area (Å²) in [5, 5.41) is 2.79. The number of rotatable bonds is 5. The van der Waals surface area contributed by atoms with Crippen LogP contribution in [0.1, 0.15) is 50.5 Å². The van der Waals surface area contributed by atoms with E-state index >= 15 is 0 Å². The van der Waals surface area contributed by atoms with Crippen LogP contribution >= 0.6 is 0 Å². The van der Waals surface area contributed by atoms with Gasteiger partial charge in [0.25, 0.3) is 5.91 Å². The summed E-state index contributed by atoms with van der Waals surface area (Å²) in [5.74, 6) is 0.409. The van der Waals surface area contributed by atoms with Crippen LogP contribution in [0, 0.1) is 0 Å².